The number of nitrogens with one attached hydrogen (secondary N) is 3. The molecule has 5 rings (SSSR count). The quantitative estimate of drug-likeness (QED) is 0.217. The number of urea groups is 1. The number of carbonyl (C=O) groups is 1. The number of likely N-dealkylation sites (tertiary alicyclic amines) is 1. The fourth-order valence-electron chi connectivity index (χ4n) is 4.41. The standard InChI is InChI=1S/C29H29BrN6O/c30-25-20-31-28(32-23-14-9-15-24(19-23)33-29(37)36-16-7-8-17-36)35-27(25)34-26(22-12-5-2-6-13-22)18-21-10-3-1-4-11-21/h1-6,9-15,19-20,26H,7-8,16-18H2,(H,33,37)(H2,31,32,34,35). The predicted octanol–water partition coefficient (Wildman–Crippen LogP) is 7.01. The van der Waals surface area contributed by atoms with Gasteiger partial charge in [-0.15, -0.1) is 0 Å². The summed E-state index contributed by atoms with van der Waals surface area (Å²) in [6.07, 6.45) is 4.66. The summed E-state index contributed by atoms with van der Waals surface area (Å²) >= 11 is 3.61. The average Bonchev–Trinajstić information content (AvgIpc) is 3.47. The third kappa shape index (κ3) is 6.65. The van der Waals surface area contributed by atoms with Crippen molar-refractivity contribution in [2.75, 3.05) is 29.0 Å². The van der Waals surface area contributed by atoms with Crippen LogP contribution in [0.25, 0.3) is 0 Å². The third-order valence-electron chi connectivity index (χ3n) is 6.30. The lowest BCUT2D eigenvalue weighted by atomic mass is 9.99. The summed E-state index contributed by atoms with van der Waals surface area (Å²) in [6, 6.07) is 28.3. The molecule has 1 unspecified atom stereocenters. The SMILES string of the molecule is O=C(Nc1cccc(Nc2ncc(Br)c(NC(Cc3ccccc3)c3ccccc3)n2)c1)N1CCCC1. The molecule has 2 heterocycles. The van der Waals surface area contributed by atoms with E-state index in [4.69, 9.17) is 4.98 Å². The molecule has 0 bridgehead atoms. The molecule has 0 spiro atoms. The van der Waals surface area contributed by atoms with Gasteiger partial charge in [0.25, 0.3) is 0 Å². The summed E-state index contributed by atoms with van der Waals surface area (Å²) in [6.45, 7) is 1.61. The Morgan fingerprint density at radius 2 is 1.62 bits per heavy atom. The van der Waals surface area contributed by atoms with Crippen LogP contribution in [-0.4, -0.2) is 34.0 Å². The van der Waals surface area contributed by atoms with E-state index in [1.807, 2.05) is 53.4 Å². The molecule has 3 aromatic carbocycles. The molecule has 1 aromatic heterocycles. The van der Waals surface area contributed by atoms with E-state index >= 15 is 0 Å². The average molecular weight is 557 g/mol. The molecule has 3 N–H and O–H groups in total. The van der Waals surface area contributed by atoms with Crippen LogP contribution in [0.3, 0.4) is 0 Å². The highest BCUT2D eigenvalue weighted by atomic mass is 79.9. The molecule has 0 aliphatic carbocycles. The smallest absolute Gasteiger partial charge is 0.321 e. The van der Waals surface area contributed by atoms with Crippen molar-refractivity contribution in [3.8, 4) is 0 Å². The lowest BCUT2D eigenvalue weighted by Gasteiger charge is -2.21. The van der Waals surface area contributed by atoms with Gasteiger partial charge in [0.15, 0.2) is 0 Å². The van der Waals surface area contributed by atoms with E-state index in [0.29, 0.717) is 11.8 Å². The molecule has 4 aromatic rings. The number of hydrogen-bond donors (Lipinski definition) is 3. The highest BCUT2D eigenvalue weighted by Crippen LogP contribution is 2.29. The van der Waals surface area contributed by atoms with Crippen LogP contribution in [0.5, 0.6) is 0 Å². The molecular formula is C29H29BrN6O. The minimum absolute atomic E-state index is 0.0202. The molecule has 7 nitrogen and oxygen atoms in total. The second-order valence-electron chi connectivity index (χ2n) is 9.02. The largest absolute Gasteiger partial charge is 0.362 e. The summed E-state index contributed by atoms with van der Waals surface area (Å²) in [5.74, 6) is 1.15. The molecule has 37 heavy (non-hydrogen) atoms. The van der Waals surface area contributed by atoms with Crippen molar-refractivity contribution < 1.29 is 4.79 Å². The molecule has 1 atom stereocenters. The van der Waals surface area contributed by atoms with Gasteiger partial charge in [-0.1, -0.05) is 66.7 Å². The van der Waals surface area contributed by atoms with Gasteiger partial charge in [-0.3, -0.25) is 0 Å². The van der Waals surface area contributed by atoms with Crippen LogP contribution < -0.4 is 16.0 Å². The van der Waals surface area contributed by atoms with Crippen LogP contribution in [0, 0.1) is 0 Å². The Labute approximate surface area is 225 Å². The molecule has 2 amide bonds. The van der Waals surface area contributed by atoms with Gasteiger partial charge in [-0.25, -0.2) is 9.78 Å². The fourth-order valence-corrected chi connectivity index (χ4v) is 4.71. The third-order valence-corrected chi connectivity index (χ3v) is 6.88. The number of nitrogens with zero attached hydrogens (tertiary/aromatic N) is 3. The molecule has 0 saturated carbocycles. The van der Waals surface area contributed by atoms with Crippen LogP contribution >= 0.6 is 15.9 Å². The first-order valence-electron chi connectivity index (χ1n) is 12.4. The number of benzene rings is 3. The van der Waals surface area contributed by atoms with Gasteiger partial charge in [0.1, 0.15) is 5.82 Å². The first-order valence-corrected chi connectivity index (χ1v) is 13.2. The number of carbonyl (C=O) groups excluding carboxylic acids is 1. The van der Waals surface area contributed by atoms with Gasteiger partial charge >= 0.3 is 6.03 Å². The molecule has 1 saturated heterocycles. The monoisotopic (exact) mass is 556 g/mol. The van der Waals surface area contributed by atoms with Crippen molar-refractivity contribution in [1.82, 2.24) is 14.9 Å². The van der Waals surface area contributed by atoms with Crippen molar-refractivity contribution in [3.05, 3.63) is 107 Å². The van der Waals surface area contributed by atoms with E-state index in [2.05, 4.69) is 73.3 Å². The van der Waals surface area contributed by atoms with Crippen molar-refractivity contribution >= 4 is 45.1 Å². The Morgan fingerprint density at radius 3 is 2.38 bits per heavy atom. The minimum atomic E-state index is -0.0635. The summed E-state index contributed by atoms with van der Waals surface area (Å²) in [5, 5.41) is 9.86. The normalized spacial score (nSPS) is 13.7. The van der Waals surface area contributed by atoms with Gasteiger partial charge in [0.2, 0.25) is 5.95 Å². The van der Waals surface area contributed by atoms with E-state index in [1.165, 1.54) is 11.1 Å². The van der Waals surface area contributed by atoms with Gasteiger partial charge in [0.05, 0.1) is 10.5 Å². The Morgan fingerprint density at radius 1 is 0.919 bits per heavy atom. The van der Waals surface area contributed by atoms with E-state index in [1.54, 1.807) is 6.20 Å². The summed E-state index contributed by atoms with van der Waals surface area (Å²) < 4.78 is 0.777. The van der Waals surface area contributed by atoms with Crippen LogP contribution in [0.15, 0.2) is 95.6 Å². The predicted molar refractivity (Wildman–Crippen MR) is 152 cm³/mol. The number of amides is 2. The topological polar surface area (TPSA) is 82.2 Å². The molecular weight excluding hydrogens is 528 g/mol. The zero-order valence-electron chi connectivity index (χ0n) is 20.4. The maximum Gasteiger partial charge on any atom is 0.321 e. The number of hydrogen-bond acceptors (Lipinski definition) is 5. The number of aromatic nitrogens is 2. The highest BCUT2D eigenvalue weighted by Gasteiger charge is 2.18. The van der Waals surface area contributed by atoms with E-state index < -0.39 is 0 Å². The maximum atomic E-state index is 12.5. The van der Waals surface area contributed by atoms with E-state index in [9.17, 15) is 4.79 Å². The first kappa shape index (κ1) is 24.8. The second kappa shape index (κ2) is 11.9. The van der Waals surface area contributed by atoms with Gasteiger partial charge in [-0.2, -0.15) is 4.98 Å². The number of anilines is 4. The molecule has 188 valence electrons. The summed E-state index contributed by atoms with van der Waals surface area (Å²) in [4.78, 5) is 23.5. The Kier molecular flexibility index (Phi) is 7.96. The second-order valence-corrected chi connectivity index (χ2v) is 9.87. The lowest BCUT2D eigenvalue weighted by molar-refractivity contribution is 0.222. The van der Waals surface area contributed by atoms with Crippen LogP contribution in [0.2, 0.25) is 0 Å². The molecule has 1 aliphatic heterocycles. The lowest BCUT2D eigenvalue weighted by Crippen LogP contribution is -2.32. The maximum absolute atomic E-state index is 12.5. The Hall–Kier alpha value is -3.91. The van der Waals surface area contributed by atoms with E-state index in [0.717, 1.165) is 48.2 Å². The van der Waals surface area contributed by atoms with Crippen molar-refractivity contribution in [2.45, 2.75) is 25.3 Å². The van der Waals surface area contributed by atoms with Crippen molar-refractivity contribution in [3.63, 3.8) is 0 Å². The zero-order valence-corrected chi connectivity index (χ0v) is 22.0. The Balaban J connectivity index is 1.32. The zero-order chi connectivity index (χ0) is 25.5. The van der Waals surface area contributed by atoms with Gasteiger partial charge in [-0.05, 0) is 64.5 Å². The highest BCUT2D eigenvalue weighted by molar-refractivity contribution is 9.10. The Bertz CT molecular complexity index is 1330. The minimum Gasteiger partial charge on any atom is -0.362 e. The van der Waals surface area contributed by atoms with Crippen LogP contribution in [0.1, 0.15) is 30.0 Å². The fraction of sp³-hybridized carbons (Fsp3) is 0.207. The van der Waals surface area contributed by atoms with E-state index in [-0.39, 0.29) is 12.1 Å². The molecule has 1 fully saturated rings. The first-order chi connectivity index (χ1) is 18.1. The van der Waals surface area contributed by atoms with Crippen LogP contribution in [-0.2, 0) is 6.42 Å². The molecule has 8 heteroatoms. The molecule has 0 radical (unpaired) electrons. The van der Waals surface area contributed by atoms with Crippen molar-refractivity contribution in [1.29, 1.82) is 0 Å². The van der Waals surface area contributed by atoms with Gasteiger partial charge in [0, 0.05) is 30.7 Å². The van der Waals surface area contributed by atoms with Crippen molar-refractivity contribution in [2.24, 2.45) is 0 Å². The summed E-state index contributed by atoms with van der Waals surface area (Å²) in [7, 11) is 0. The summed E-state index contributed by atoms with van der Waals surface area (Å²) in [5.41, 5.74) is 3.92. The van der Waals surface area contributed by atoms with Crippen LogP contribution in [0.4, 0.5) is 27.9 Å². The number of rotatable bonds is 8. The molecule has 1 aliphatic rings. The van der Waals surface area contributed by atoms with Gasteiger partial charge < -0.3 is 20.9 Å². The number of halogens is 1.